The van der Waals surface area contributed by atoms with Gasteiger partial charge >= 0.3 is 0 Å². The minimum atomic E-state index is 0.0660. The topological polar surface area (TPSA) is 34.1 Å². The van der Waals surface area contributed by atoms with Gasteiger partial charge in [-0.1, -0.05) is 12.2 Å². The van der Waals surface area contributed by atoms with Crippen LogP contribution in [0.15, 0.2) is 12.2 Å². The molecule has 0 spiro atoms. The van der Waals surface area contributed by atoms with Crippen molar-refractivity contribution >= 4 is 11.6 Å². The van der Waals surface area contributed by atoms with E-state index in [-0.39, 0.29) is 29.8 Å². The fourth-order valence-electron chi connectivity index (χ4n) is 3.28. The number of hydrogen-bond acceptors (Lipinski definition) is 2. The number of carbonyl (C=O) groups excluding carboxylic acids is 2. The Morgan fingerprint density at radius 2 is 1.38 bits per heavy atom. The monoisotopic (exact) mass is 176 g/mol. The van der Waals surface area contributed by atoms with Gasteiger partial charge in [0.25, 0.3) is 0 Å². The van der Waals surface area contributed by atoms with E-state index in [1.807, 2.05) is 0 Å². The molecule has 0 amide bonds. The van der Waals surface area contributed by atoms with Crippen LogP contribution in [0.2, 0.25) is 0 Å². The molecule has 0 radical (unpaired) electrons. The van der Waals surface area contributed by atoms with Crippen molar-refractivity contribution in [3.05, 3.63) is 12.2 Å². The predicted octanol–water partition coefficient (Wildman–Crippen LogP) is 1.36. The summed E-state index contributed by atoms with van der Waals surface area (Å²) < 4.78 is 0. The van der Waals surface area contributed by atoms with Crippen molar-refractivity contribution in [1.29, 1.82) is 0 Å². The van der Waals surface area contributed by atoms with Crippen LogP contribution in [-0.4, -0.2) is 11.6 Å². The number of ketones is 2. The zero-order chi connectivity index (χ0) is 9.00. The summed E-state index contributed by atoms with van der Waals surface area (Å²) >= 11 is 0. The third kappa shape index (κ3) is 0.835. The van der Waals surface area contributed by atoms with Gasteiger partial charge in [0.15, 0.2) is 0 Å². The maximum atomic E-state index is 11.6. The van der Waals surface area contributed by atoms with Gasteiger partial charge in [-0.05, 0) is 24.7 Å². The quantitative estimate of drug-likeness (QED) is 0.412. The molecule has 13 heavy (non-hydrogen) atoms. The van der Waals surface area contributed by atoms with Gasteiger partial charge in [-0.2, -0.15) is 0 Å². The highest BCUT2D eigenvalue weighted by atomic mass is 16.2. The summed E-state index contributed by atoms with van der Waals surface area (Å²) in [6, 6.07) is 0. The third-order valence-electron chi connectivity index (χ3n) is 3.84. The van der Waals surface area contributed by atoms with Crippen LogP contribution < -0.4 is 0 Å². The number of rotatable bonds is 0. The molecular formula is C11H12O2. The molecule has 2 heteroatoms. The second-order valence-electron chi connectivity index (χ2n) is 4.45. The Balaban J connectivity index is 2.07. The van der Waals surface area contributed by atoms with Crippen molar-refractivity contribution in [1.82, 2.24) is 0 Å². The fourth-order valence-corrected chi connectivity index (χ4v) is 3.28. The van der Waals surface area contributed by atoms with Crippen LogP contribution in [0.5, 0.6) is 0 Å². The molecule has 4 aliphatic carbocycles. The molecule has 2 bridgehead atoms. The largest absolute Gasteiger partial charge is 0.299 e. The summed E-state index contributed by atoms with van der Waals surface area (Å²) in [6.45, 7) is 0. The number of carbonyl (C=O) groups is 2. The molecule has 0 saturated heterocycles. The summed E-state index contributed by atoms with van der Waals surface area (Å²) in [6.07, 6.45) is 6.75. The van der Waals surface area contributed by atoms with Crippen molar-refractivity contribution in [3.63, 3.8) is 0 Å². The van der Waals surface area contributed by atoms with E-state index in [0.717, 1.165) is 12.8 Å². The lowest BCUT2D eigenvalue weighted by molar-refractivity contribution is -0.124. The smallest absolute Gasteiger partial charge is 0.144 e. The molecule has 4 atom stereocenters. The summed E-state index contributed by atoms with van der Waals surface area (Å²) in [5.41, 5.74) is 0. The lowest BCUT2D eigenvalue weighted by Gasteiger charge is -2.39. The van der Waals surface area contributed by atoms with Crippen LogP contribution in [0.3, 0.4) is 0 Å². The van der Waals surface area contributed by atoms with E-state index in [2.05, 4.69) is 12.2 Å². The zero-order valence-electron chi connectivity index (χ0n) is 7.40. The van der Waals surface area contributed by atoms with E-state index >= 15 is 0 Å². The first kappa shape index (κ1) is 7.48. The van der Waals surface area contributed by atoms with E-state index in [1.165, 1.54) is 0 Å². The predicted molar refractivity (Wildman–Crippen MR) is 47.0 cm³/mol. The Hall–Kier alpha value is -0.920. The molecule has 4 rings (SSSR count). The standard InChI is InChI=1S/C11H12O2/c12-8-5-9(13)11-7-2-1-6(3-4-7)10(8)11/h1-2,6-7,10-11H,3-5H2/t6-,7+,10+,11-. The Kier molecular flexibility index (Phi) is 1.33. The molecule has 4 aliphatic rings. The number of allylic oxidation sites excluding steroid dienone is 2. The zero-order valence-corrected chi connectivity index (χ0v) is 7.40. The Labute approximate surface area is 77.0 Å². The van der Waals surface area contributed by atoms with Gasteiger partial charge in [0.2, 0.25) is 0 Å². The molecule has 0 aromatic carbocycles. The first-order chi connectivity index (χ1) is 6.27. The summed E-state index contributed by atoms with van der Waals surface area (Å²) in [5, 5.41) is 0. The second kappa shape index (κ2) is 2.31. The Morgan fingerprint density at radius 3 is 1.77 bits per heavy atom. The summed E-state index contributed by atoms with van der Waals surface area (Å²) in [5.74, 6) is 1.30. The van der Waals surface area contributed by atoms with Gasteiger partial charge in [-0.15, -0.1) is 0 Å². The third-order valence-corrected chi connectivity index (χ3v) is 3.84. The molecule has 68 valence electrons. The van der Waals surface area contributed by atoms with Crippen LogP contribution in [0, 0.1) is 23.7 Å². The lowest BCUT2D eigenvalue weighted by atomic mass is 9.63. The van der Waals surface area contributed by atoms with Crippen molar-refractivity contribution < 1.29 is 9.59 Å². The van der Waals surface area contributed by atoms with E-state index < -0.39 is 0 Å². The number of hydrogen-bond donors (Lipinski definition) is 0. The van der Waals surface area contributed by atoms with Crippen LogP contribution >= 0.6 is 0 Å². The van der Waals surface area contributed by atoms with Gasteiger partial charge in [-0.25, -0.2) is 0 Å². The highest BCUT2D eigenvalue weighted by Gasteiger charge is 2.52. The number of Topliss-reactive ketones (excluding diaryl/α,β-unsaturated/α-hetero) is 2. The van der Waals surface area contributed by atoms with Crippen molar-refractivity contribution in [2.24, 2.45) is 23.7 Å². The van der Waals surface area contributed by atoms with Crippen molar-refractivity contribution in [2.45, 2.75) is 19.3 Å². The molecule has 2 fully saturated rings. The maximum absolute atomic E-state index is 11.6. The van der Waals surface area contributed by atoms with E-state index in [9.17, 15) is 9.59 Å². The highest BCUT2D eigenvalue weighted by Crippen LogP contribution is 2.49. The molecule has 0 aromatic heterocycles. The summed E-state index contributed by atoms with van der Waals surface area (Å²) in [4.78, 5) is 23.1. The molecule has 0 N–H and O–H groups in total. The van der Waals surface area contributed by atoms with Crippen molar-refractivity contribution in [3.8, 4) is 0 Å². The maximum Gasteiger partial charge on any atom is 0.144 e. The molecule has 0 aliphatic heterocycles. The van der Waals surface area contributed by atoms with Gasteiger partial charge in [0, 0.05) is 11.8 Å². The van der Waals surface area contributed by atoms with E-state index in [0.29, 0.717) is 11.8 Å². The highest BCUT2D eigenvalue weighted by molar-refractivity contribution is 6.09. The van der Waals surface area contributed by atoms with Gasteiger partial charge < -0.3 is 0 Å². The SMILES string of the molecule is O=C1CC(=O)[C@H]2[C@@H]1[C@H]1C=C[C@@H]2CC1. The van der Waals surface area contributed by atoms with Gasteiger partial charge in [0.05, 0.1) is 6.42 Å². The fraction of sp³-hybridized carbons (Fsp3) is 0.636. The Morgan fingerprint density at radius 1 is 0.923 bits per heavy atom. The molecule has 2 nitrogen and oxygen atoms in total. The molecule has 0 aromatic rings. The second-order valence-corrected chi connectivity index (χ2v) is 4.45. The average Bonchev–Trinajstić information content (AvgIpc) is 2.47. The van der Waals surface area contributed by atoms with Crippen LogP contribution in [-0.2, 0) is 9.59 Å². The van der Waals surface area contributed by atoms with Crippen LogP contribution in [0.25, 0.3) is 0 Å². The lowest BCUT2D eigenvalue weighted by Crippen LogP contribution is -2.38. The first-order valence-electron chi connectivity index (χ1n) is 5.01. The van der Waals surface area contributed by atoms with Gasteiger partial charge in [-0.3, -0.25) is 9.59 Å². The minimum absolute atomic E-state index is 0.0660. The summed E-state index contributed by atoms with van der Waals surface area (Å²) in [7, 11) is 0. The van der Waals surface area contributed by atoms with Crippen molar-refractivity contribution in [2.75, 3.05) is 0 Å². The number of fused-ring (bicyclic) bond motifs is 1. The average molecular weight is 176 g/mol. The van der Waals surface area contributed by atoms with Crippen LogP contribution in [0.4, 0.5) is 0 Å². The molecule has 2 saturated carbocycles. The van der Waals surface area contributed by atoms with E-state index in [1.54, 1.807) is 0 Å². The van der Waals surface area contributed by atoms with E-state index in [4.69, 9.17) is 0 Å². The Bertz CT molecular complexity index is 286. The molecule has 0 unspecified atom stereocenters. The molecule has 0 heterocycles. The normalized spacial score (nSPS) is 47.1. The minimum Gasteiger partial charge on any atom is -0.299 e. The van der Waals surface area contributed by atoms with Crippen LogP contribution in [0.1, 0.15) is 19.3 Å². The van der Waals surface area contributed by atoms with Gasteiger partial charge in [0.1, 0.15) is 11.6 Å². The molecular weight excluding hydrogens is 164 g/mol. The first-order valence-corrected chi connectivity index (χ1v) is 5.01.